The average molecular weight is 299 g/mol. The number of thioether (sulfide) groups is 1. The average Bonchev–Trinajstić information content (AvgIpc) is 2.79. The van der Waals surface area contributed by atoms with E-state index < -0.39 is 0 Å². The molecule has 0 saturated heterocycles. The van der Waals surface area contributed by atoms with Gasteiger partial charge in [0.05, 0.1) is 22.0 Å². The van der Waals surface area contributed by atoms with Crippen LogP contribution in [-0.2, 0) is 6.54 Å². The molecule has 1 atom stereocenters. The van der Waals surface area contributed by atoms with Crippen molar-refractivity contribution in [1.82, 2.24) is 15.2 Å². The summed E-state index contributed by atoms with van der Waals surface area (Å²) in [6, 6.07) is 5.39. The number of nitrogens with two attached hydrogens (primary N) is 1. The first-order valence-corrected chi connectivity index (χ1v) is 7.16. The topological polar surface area (TPSA) is 71.2 Å². The van der Waals surface area contributed by atoms with Gasteiger partial charge in [-0.2, -0.15) is 0 Å². The largest absolute Gasteiger partial charge is 0.332 e. The molecule has 0 fully saturated rings. The second-order valence-corrected chi connectivity index (χ2v) is 5.82. The highest BCUT2D eigenvalue weighted by Gasteiger charge is 2.28. The molecule has 2 amide bonds. The lowest BCUT2D eigenvalue weighted by Gasteiger charge is -2.22. The number of hydrogen-bond donors (Lipinski definition) is 2. The third kappa shape index (κ3) is 3.86. The summed E-state index contributed by atoms with van der Waals surface area (Å²) in [5.41, 5.74) is 6.35. The first-order valence-electron chi connectivity index (χ1n) is 5.91. The normalized spacial score (nSPS) is 18.3. The maximum atomic E-state index is 12.1. The van der Waals surface area contributed by atoms with Crippen molar-refractivity contribution in [2.75, 3.05) is 6.54 Å². The Morgan fingerprint density at radius 3 is 3.11 bits per heavy atom. The van der Waals surface area contributed by atoms with E-state index in [-0.39, 0.29) is 11.4 Å². The molecule has 2 rings (SSSR count). The van der Waals surface area contributed by atoms with Crippen molar-refractivity contribution in [1.29, 1.82) is 0 Å². The van der Waals surface area contributed by atoms with Gasteiger partial charge in [0.1, 0.15) is 0 Å². The quantitative estimate of drug-likeness (QED) is 0.892. The minimum Gasteiger partial charge on any atom is -0.332 e. The van der Waals surface area contributed by atoms with E-state index in [9.17, 15) is 4.79 Å². The van der Waals surface area contributed by atoms with Gasteiger partial charge in [0.25, 0.3) is 0 Å². The van der Waals surface area contributed by atoms with Crippen LogP contribution < -0.4 is 11.1 Å². The van der Waals surface area contributed by atoms with E-state index in [0.29, 0.717) is 23.9 Å². The molecular weight excluding hydrogens is 284 g/mol. The molecule has 0 radical (unpaired) electrons. The summed E-state index contributed by atoms with van der Waals surface area (Å²) < 4.78 is 0.603. The van der Waals surface area contributed by atoms with Crippen LogP contribution in [0.25, 0.3) is 0 Å². The van der Waals surface area contributed by atoms with Gasteiger partial charge in [-0.25, -0.2) is 4.79 Å². The number of urea groups is 1. The first kappa shape index (κ1) is 14.2. The highest BCUT2D eigenvalue weighted by Crippen LogP contribution is 2.36. The number of carbonyl (C=O) groups excluding carboxylic acids is 1. The van der Waals surface area contributed by atoms with E-state index in [1.54, 1.807) is 17.3 Å². The minimum absolute atomic E-state index is 0.0266. The Kier molecular flexibility index (Phi) is 5.07. The minimum atomic E-state index is -0.188. The zero-order valence-electron chi connectivity index (χ0n) is 10.3. The van der Waals surface area contributed by atoms with Crippen LogP contribution in [0.2, 0.25) is 0 Å². The Hall–Kier alpha value is -1.24. The maximum absolute atomic E-state index is 12.1. The Labute approximate surface area is 121 Å². The molecule has 2 heterocycles. The molecule has 1 aliphatic heterocycles. The summed E-state index contributed by atoms with van der Waals surface area (Å²) in [6.45, 7) is 0.904. The Morgan fingerprint density at radius 2 is 2.42 bits per heavy atom. The molecule has 0 aromatic carbocycles. The number of nitrogens with one attached hydrogen (secondary N) is 1. The van der Waals surface area contributed by atoms with E-state index in [2.05, 4.69) is 10.3 Å². The third-order valence-electron chi connectivity index (χ3n) is 2.59. The summed E-state index contributed by atoms with van der Waals surface area (Å²) in [7, 11) is 0. The number of rotatable bonds is 4. The van der Waals surface area contributed by atoms with Gasteiger partial charge in [-0.3, -0.25) is 9.88 Å². The Balaban J connectivity index is 1.92. The summed E-state index contributed by atoms with van der Waals surface area (Å²) in [4.78, 5) is 17.8. The number of halogens is 1. The van der Waals surface area contributed by atoms with Gasteiger partial charge >= 0.3 is 6.03 Å². The Bertz CT molecular complexity index is 468. The highest BCUT2D eigenvalue weighted by atomic mass is 35.5. The fourth-order valence-electron chi connectivity index (χ4n) is 1.70. The molecule has 1 aliphatic rings. The second kappa shape index (κ2) is 6.79. The van der Waals surface area contributed by atoms with Crippen molar-refractivity contribution in [2.24, 2.45) is 5.73 Å². The van der Waals surface area contributed by atoms with Gasteiger partial charge in [0.2, 0.25) is 0 Å². The monoisotopic (exact) mass is 298 g/mol. The van der Waals surface area contributed by atoms with Crippen molar-refractivity contribution in [3.05, 3.63) is 40.7 Å². The molecule has 5 nitrogen and oxygen atoms in total. The lowest BCUT2D eigenvalue weighted by atomic mass is 10.3. The standard InChI is InChI=1S/C12H15ClN4OS/c13-10-8-17(11(19-10)4-5-14)12(18)16-7-9-3-1-2-6-15-9/h1-3,6,8,11H,4-5,7,14H2,(H,16,18). The molecule has 1 unspecified atom stereocenters. The highest BCUT2D eigenvalue weighted by molar-refractivity contribution is 8.05. The van der Waals surface area contributed by atoms with Crippen molar-refractivity contribution in [3.8, 4) is 0 Å². The third-order valence-corrected chi connectivity index (χ3v) is 4.02. The van der Waals surface area contributed by atoms with E-state index in [1.165, 1.54) is 11.8 Å². The molecule has 102 valence electrons. The Morgan fingerprint density at radius 1 is 1.58 bits per heavy atom. The van der Waals surface area contributed by atoms with E-state index in [1.807, 2.05) is 18.2 Å². The maximum Gasteiger partial charge on any atom is 0.322 e. The van der Waals surface area contributed by atoms with Gasteiger partial charge in [0, 0.05) is 12.4 Å². The molecule has 7 heteroatoms. The molecule has 0 aliphatic carbocycles. The lowest BCUT2D eigenvalue weighted by molar-refractivity contribution is 0.211. The van der Waals surface area contributed by atoms with Crippen molar-refractivity contribution >= 4 is 29.4 Å². The van der Waals surface area contributed by atoms with E-state index >= 15 is 0 Å². The van der Waals surface area contributed by atoms with Crippen LogP contribution in [0.3, 0.4) is 0 Å². The molecular formula is C12H15ClN4OS. The van der Waals surface area contributed by atoms with E-state index in [4.69, 9.17) is 17.3 Å². The number of nitrogens with zero attached hydrogens (tertiary/aromatic N) is 2. The van der Waals surface area contributed by atoms with Crippen LogP contribution in [0.15, 0.2) is 35.0 Å². The van der Waals surface area contributed by atoms with Crippen LogP contribution in [-0.4, -0.2) is 27.8 Å². The van der Waals surface area contributed by atoms with Crippen LogP contribution in [0.1, 0.15) is 12.1 Å². The predicted octanol–water partition coefficient (Wildman–Crippen LogP) is 2.05. The van der Waals surface area contributed by atoms with Crippen LogP contribution in [0.4, 0.5) is 4.79 Å². The molecule has 0 saturated carbocycles. The number of pyridine rings is 1. The summed E-state index contributed by atoms with van der Waals surface area (Å²) in [6.07, 6.45) is 4.04. The van der Waals surface area contributed by atoms with E-state index in [0.717, 1.165) is 5.69 Å². The molecule has 19 heavy (non-hydrogen) atoms. The van der Waals surface area contributed by atoms with Crippen molar-refractivity contribution < 1.29 is 4.79 Å². The van der Waals surface area contributed by atoms with Gasteiger partial charge in [0.15, 0.2) is 0 Å². The number of aromatic nitrogens is 1. The molecule has 1 aromatic heterocycles. The predicted molar refractivity (Wildman–Crippen MR) is 77.3 cm³/mol. The zero-order chi connectivity index (χ0) is 13.7. The summed E-state index contributed by atoms with van der Waals surface area (Å²) in [5.74, 6) is 0. The fraction of sp³-hybridized carbons (Fsp3) is 0.333. The van der Waals surface area contributed by atoms with Gasteiger partial charge in [-0.05, 0) is 25.1 Å². The number of amides is 2. The van der Waals surface area contributed by atoms with Crippen molar-refractivity contribution in [3.63, 3.8) is 0 Å². The molecule has 1 aromatic rings. The fourth-order valence-corrected chi connectivity index (χ4v) is 3.07. The summed E-state index contributed by atoms with van der Waals surface area (Å²) >= 11 is 7.39. The van der Waals surface area contributed by atoms with Gasteiger partial charge in [-0.1, -0.05) is 29.4 Å². The lowest BCUT2D eigenvalue weighted by Crippen LogP contribution is -2.40. The molecule has 0 bridgehead atoms. The molecule has 0 spiro atoms. The number of hydrogen-bond acceptors (Lipinski definition) is 4. The molecule has 3 N–H and O–H groups in total. The van der Waals surface area contributed by atoms with Crippen molar-refractivity contribution in [2.45, 2.75) is 18.3 Å². The number of carbonyl (C=O) groups is 1. The smallest absolute Gasteiger partial charge is 0.322 e. The second-order valence-electron chi connectivity index (χ2n) is 3.97. The van der Waals surface area contributed by atoms with Gasteiger partial charge in [-0.15, -0.1) is 0 Å². The van der Waals surface area contributed by atoms with Gasteiger partial charge < -0.3 is 11.1 Å². The van der Waals surface area contributed by atoms with Crippen LogP contribution in [0.5, 0.6) is 0 Å². The zero-order valence-corrected chi connectivity index (χ0v) is 11.8. The van der Waals surface area contributed by atoms with Crippen LogP contribution >= 0.6 is 23.4 Å². The summed E-state index contributed by atoms with van der Waals surface area (Å²) in [5, 5.41) is 2.79. The SMILES string of the molecule is NCCC1SC(Cl)=CN1C(=O)NCc1ccccn1. The first-order chi connectivity index (χ1) is 9.20. The van der Waals surface area contributed by atoms with Crippen LogP contribution in [0, 0.1) is 0 Å².